The van der Waals surface area contributed by atoms with E-state index in [1.165, 1.54) is 7.11 Å². The lowest BCUT2D eigenvalue weighted by Crippen LogP contribution is -2.09. The highest BCUT2D eigenvalue weighted by Gasteiger charge is 2.21. The van der Waals surface area contributed by atoms with Crippen molar-refractivity contribution in [3.05, 3.63) is 45.6 Å². The molecule has 7 heteroatoms. The fourth-order valence-electron chi connectivity index (χ4n) is 1.53. The maximum absolute atomic E-state index is 11.8. The number of esters is 1. The molecule has 0 amide bonds. The van der Waals surface area contributed by atoms with Crippen molar-refractivity contribution in [2.45, 2.75) is 6.92 Å². The topological polar surface area (TPSA) is 61.3 Å². The second-order valence-electron chi connectivity index (χ2n) is 3.85. The van der Waals surface area contributed by atoms with Gasteiger partial charge < -0.3 is 9.47 Å². The molecule has 104 valence electrons. The van der Waals surface area contributed by atoms with E-state index in [2.05, 4.69) is 10.2 Å². The van der Waals surface area contributed by atoms with Gasteiger partial charge in [0.05, 0.1) is 7.11 Å². The molecule has 0 radical (unpaired) electrons. The maximum Gasteiger partial charge on any atom is 0.343 e. The van der Waals surface area contributed by atoms with Crippen molar-refractivity contribution >= 4 is 29.2 Å². The summed E-state index contributed by atoms with van der Waals surface area (Å²) in [6.07, 6.45) is 0. The minimum absolute atomic E-state index is 0.0148. The van der Waals surface area contributed by atoms with Gasteiger partial charge in [0.2, 0.25) is 0 Å². The van der Waals surface area contributed by atoms with E-state index in [1.54, 1.807) is 31.2 Å². The normalized spacial score (nSPS) is 10.2. The van der Waals surface area contributed by atoms with Gasteiger partial charge in [0.25, 0.3) is 5.88 Å². The number of methoxy groups -OCH3 is 1. The summed E-state index contributed by atoms with van der Waals surface area (Å²) in [5, 5.41) is 8.12. The Labute approximate surface area is 125 Å². The molecular formula is C13H10Cl2N2O3. The zero-order valence-electron chi connectivity index (χ0n) is 10.7. The highest BCUT2D eigenvalue weighted by molar-refractivity contribution is 6.31. The number of aromatic nitrogens is 2. The molecule has 1 heterocycles. The van der Waals surface area contributed by atoms with Crippen LogP contribution in [0.1, 0.15) is 15.9 Å². The second kappa shape index (κ2) is 6.07. The third-order valence-electron chi connectivity index (χ3n) is 2.53. The number of carbonyl (C=O) groups excluding carboxylic acids is 1. The van der Waals surface area contributed by atoms with Crippen LogP contribution in [0.3, 0.4) is 0 Å². The molecule has 0 aliphatic carbocycles. The van der Waals surface area contributed by atoms with Crippen molar-refractivity contribution in [2.24, 2.45) is 0 Å². The third kappa shape index (κ3) is 3.00. The van der Waals surface area contributed by atoms with Crippen LogP contribution in [-0.2, 0) is 4.74 Å². The van der Waals surface area contributed by atoms with Crippen LogP contribution >= 0.6 is 23.2 Å². The summed E-state index contributed by atoms with van der Waals surface area (Å²) < 4.78 is 10.2. The predicted molar refractivity (Wildman–Crippen MR) is 74.6 cm³/mol. The van der Waals surface area contributed by atoms with Crippen LogP contribution in [0.15, 0.2) is 24.3 Å². The van der Waals surface area contributed by atoms with Crippen LogP contribution in [0.4, 0.5) is 0 Å². The molecule has 5 nitrogen and oxygen atoms in total. The first kappa shape index (κ1) is 14.6. The zero-order chi connectivity index (χ0) is 14.7. The van der Waals surface area contributed by atoms with Crippen molar-refractivity contribution < 1.29 is 14.3 Å². The Morgan fingerprint density at radius 1 is 1.25 bits per heavy atom. The molecule has 0 atom stereocenters. The first-order valence-corrected chi connectivity index (χ1v) is 6.33. The molecule has 1 aromatic carbocycles. The summed E-state index contributed by atoms with van der Waals surface area (Å²) in [5.74, 6) is -0.156. The van der Waals surface area contributed by atoms with Gasteiger partial charge in [-0.15, -0.1) is 10.2 Å². The summed E-state index contributed by atoms with van der Waals surface area (Å²) in [7, 11) is 1.26. The van der Waals surface area contributed by atoms with E-state index < -0.39 is 5.97 Å². The Hall–Kier alpha value is -1.85. The summed E-state index contributed by atoms with van der Waals surface area (Å²) >= 11 is 11.7. The fraction of sp³-hybridized carbons (Fsp3) is 0.154. The van der Waals surface area contributed by atoms with Gasteiger partial charge in [-0.2, -0.15) is 0 Å². The Bertz CT molecular complexity index is 662. The molecule has 0 saturated carbocycles. The van der Waals surface area contributed by atoms with Gasteiger partial charge in [-0.05, 0) is 25.1 Å². The minimum Gasteiger partial charge on any atom is -0.465 e. The minimum atomic E-state index is -0.601. The Kier molecular flexibility index (Phi) is 4.42. The Morgan fingerprint density at radius 2 is 2.00 bits per heavy atom. The summed E-state index contributed by atoms with van der Waals surface area (Å²) in [6.45, 7) is 1.63. The molecule has 0 unspecified atom stereocenters. The van der Waals surface area contributed by atoms with Crippen LogP contribution in [-0.4, -0.2) is 23.3 Å². The number of hydrogen-bond acceptors (Lipinski definition) is 5. The number of halogens is 2. The lowest BCUT2D eigenvalue weighted by atomic mass is 10.2. The molecule has 0 spiro atoms. The average Bonchev–Trinajstić information content (AvgIpc) is 2.42. The molecule has 0 aliphatic heterocycles. The van der Waals surface area contributed by atoms with Crippen LogP contribution in [0, 0.1) is 6.92 Å². The smallest absolute Gasteiger partial charge is 0.343 e. The van der Waals surface area contributed by atoms with E-state index >= 15 is 0 Å². The van der Waals surface area contributed by atoms with Crippen molar-refractivity contribution in [2.75, 3.05) is 7.11 Å². The van der Waals surface area contributed by atoms with E-state index in [9.17, 15) is 4.79 Å². The molecule has 2 aromatic rings. The number of carbonyl (C=O) groups is 1. The summed E-state index contributed by atoms with van der Waals surface area (Å²) in [5.41, 5.74) is 0.568. The van der Waals surface area contributed by atoms with E-state index in [4.69, 9.17) is 32.7 Å². The van der Waals surface area contributed by atoms with Gasteiger partial charge in [0, 0.05) is 10.6 Å². The molecule has 20 heavy (non-hydrogen) atoms. The molecule has 0 bridgehead atoms. The number of rotatable bonds is 3. The number of benzene rings is 1. The number of nitrogens with zero attached hydrogens (tertiary/aromatic N) is 2. The molecule has 1 aromatic heterocycles. The van der Waals surface area contributed by atoms with E-state index in [-0.39, 0.29) is 16.6 Å². The Morgan fingerprint density at radius 3 is 2.65 bits per heavy atom. The van der Waals surface area contributed by atoms with Crippen LogP contribution in [0.5, 0.6) is 11.6 Å². The van der Waals surface area contributed by atoms with Crippen molar-refractivity contribution in [1.82, 2.24) is 10.2 Å². The molecule has 0 saturated heterocycles. The lowest BCUT2D eigenvalue weighted by Gasteiger charge is -2.11. The average molecular weight is 313 g/mol. The molecule has 0 aliphatic rings. The van der Waals surface area contributed by atoms with Crippen molar-refractivity contribution in [3.8, 4) is 11.6 Å². The third-order valence-corrected chi connectivity index (χ3v) is 3.12. The highest BCUT2D eigenvalue weighted by Crippen LogP contribution is 2.29. The molecule has 0 N–H and O–H groups in total. The zero-order valence-corrected chi connectivity index (χ0v) is 12.2. The van der Waals surface area contributed by atoms with Gasteiger partial charge >= 0.3 is 5.97 Å². The molecular weight excluding hydrogens is 303 g/mol. The van der Waals surface area contributed by atoms with Gasteiger partial charge in [0.1, 0.15) is 11.3 Å². The predicted octanol–water partition coefficient (Wildman–Crippen LogP) is 3.67. The number of ether oxygens (including phenoxy) is 2. The highest BCUT2D eigenvalue weighted by atomic mass is 35.5. The standard InChI is InChI=1S/C13H10Cl2N2O3/c1-7-10(13(18)19-2)12(17-16-11(7)15)20-9-5-3-4-8(14)6-9/h3-6H,1-2H3. The van der Waals surface area contributed by atoms with Gasteiger partial charge in [-0.3, -0.25) is 0 Å². The Balaban J connectivity index is 2.46. The fourth-order valence-corrected chi connectivity index (χ4v) is 1.85. The lowest BCUT2D eigenvalue weighted by molar-refractivity contribution is 0.0596. The summed E-state index contributed by atoms with van der Waals surface area (Å²) in [6, 6.07) is 6.69. The monoisotopic (exact) mass is 312 g/mol. The van der Waals surface area contributed by atoms with Crippen LogP contribution in [0.2, 0.25) is 10.2 Å². The number of hydrogen-bond donors (Lipinski definition) is 0. The first-order chi connectivity index (χ1) is 9.52. The van der Waals surface area contributed by atoms with Crippen LogP contribution < -0.4 is 4.74 Å². The van der Waals surface area contributed by atoms with Gasteiger partial charge in [-0.25, -0.2) is 4.79 Å². The van der Waals surface area contributed by atoms with Crippen LogP contribution in [0.25, 0.3) is 0 Å². The molecule has 0 fully saturated rings. The van der Waals surface area contributed by atoms with Crippen molar-refractivity contribution in [3.63, 3.8) is 0 Å². The largest absolute Gasteiger partial charge is 0.465 e. The van der Waals surface area contributed by atoms with E-state index in [0.29, 0.717) is 16.3 Å². The van der Waals surface area contributed by atoms with Crippen molar-refractivity contribution in [1.29, 1.82) is 0 Å². The van der Waals surface area contributed by atoms with Gasteiger partial charge in [0.15, 0.2) is 5.15 Å². The quantitative estimate of drug-likeness (QED) is 0.809. The maximum atomic E-state index is 11.8. The molecule has 2 rings (SSSR count). The SMILES string of the molecule is COC(=O)c1c(Oc2cccc(Cl)c2)nnc(Cl)c1C. The summed E-state index contributed by atoms with van der Waals surface area (Å²) in [4.78, 5) is 11.8. The second-order valence-corrected chi connectivity index (χ2v) is 4.64. The van der Waals surface area contributed by atoms with E-state index in [0.717, 1.165) is 0 Å². The van der Waals surface area contributed by atoms with E-state index in [1.807, 2.05) is 0 Å². The van der Waals surface area contributed by atoms with Gasteiger partial charge in [-0.1, -0.05) is 29.3 Å². The first-order valence-electron chi connectivity index (χ1n) is 5.57.